The average Bonchev–Trinajstić information content (AvgIpc) is 3.40. The van der Waals surface area contributed by atoms with Crippen LogP contribution in [0.2, 0.25) is 0 Å². The molecule has 2 fully saturated rings. The minimum atomic E-state index is -0.540. The first-order valence-corrected chi connectivity index (χ1v) is 10.2. The van der Waals surface area contributed by atoms with Gasteiger partial charge < -0.3 is 15.1 Å². The van der Waals surface area contributed by atoms with E-state index in [-0.39, 0.29) is 17.9 Å². The van der Waals surface area contributed by atoms with Gasteiger partial charge in [-0.1, -0.05) is 0 Å². The van der Waals surface area contributed by atoms with Gasteiger partial charge in [0, 0.05) is 25.6 Å². The molecule has 4 rings (SSSR count). The predicted octanol–water partition coefficient (Wildman–Crippen LogP) is 1.10. The summed E-state index contributed by atoms with van der Waals surface area (Å²) >= 11 is 0. The Labute approximate surface area is 169 Å². The van der Waals surface area contributed by atoms with E-state index >= 15 is 0 Å². The number of carbonyl (C=O) groups is 2. The van der Waals surface area contributed by atoms with Crippen LogP contribution in [0.15, 0.2) is 16.7 Å². The Balaban J connectivity index is 1.40. The third kappa shape index (κ3) is 3.91. The third-order valence-electron chi connectivity index (χ3n) is 6.07. The number of nitrogens with one attached hydrogen (secondary N) is 3. The van der Waals surface area contributed by atoms with Gasteiger partial charge in [0.1, 0.15) is 17.1 Å². The van der Waals surface area contributed by atoms with Crippen LogP contribution < -0.4 is 10.6 Å². The molecule has 2 amide bonds. The number of aromatic nitrogens is 3. The Kier molecular flexibility index (Phi) is 5.40. The maximum Gasteiger partial charge on any atom is 0.255 e. The van der Waals surface area contributed by atoms with E-state index in [9.17, 15) is 9.59 Å². The molecule has 0 aliphatic carbocycles. The van der Waals surface area contributed by atoms with E-state index in [1.807, 2.05) is 6.92 Å². The van der Waals surface area contributed by atoms with Crippen molar-refractivity contribution in [3.8, 4) is 0 Å². The van der Waals surface area contributed by atoms with Crippen molar-refractivity contribution in [3.05, 3.63) is 35.0 Å². The minimum Gasteiger partial charge on any atom is -0.466 e. The van der Waals surface area contributed by atoms with Crippen LogP contribution in [0, 0.1) is 13.8 Å². The lowest BCUT2D eigenvalue weighted by Gasteiger charge is -2.40. The molecule has 0 aromatic carbocycles. The molecule has 2 aliphatic heterocycles. The van der Waals surface area contributed by atoms with Crippen molar-refractivity contribution < 1.29 is 14.0 Å². The molecular weight excluding hydrogens is 372 g/mol. The fourth-order valence-corrected chi connectivity index (χ4v) is 4.71. The molecule has 2 aliphatic rings. The van der Waals surface area contributed by atoms with Gasteiger partial charge in [-0.25, -0.2) is 0 Å². The van der Waals surface area contributed by atoms with Gasteiger partial charge in [-0.05, 0) is 52.1 Å². The summed E-state index contributed by atoms with van der Waals surface area (Å²) in [6.45, 7) is 5.72. The van der Waals surface area contributed by atoms with E-state index in [2.05, 4.69) is 30.9 Å². The van der Waals surface area contributed by atoms with Crippen molar-refractivity contribution in [2.24, 2.45) is 0 Å². The smallest absolute Gasteiger partial charge is 0.255 e. The number of aromatic amines is 1. The zero-order valence-corrected chi connectivity index (χ0v) is 17.0. The first kappa shape index (κ1) is 19.6. The Morgan fingerprint density at radius 2 is 2.24 bits per heavy atom. The maximum atomic E-state index is 13.2. The Morgan fingerprint density at radius 3 is 2.97 bits per heavy atom. The zero-order valence-electron chi connectivity index (χ0n) is 17.0. The van der Waals surface area contributed by atoms with Gasteiger partial charge in [0.05, 0.1) is 17.5 Å². The minimum absolute atomic E-state index is 0.0489. The van der Waals surface area contributed by atoms with E-state index in [0.717, 1.165) is 37.3 Å². The summed E-state index contributed by atoms with van der Waals surface area (Å²) in [5.74, 6) is 1.26. The maximum absolute atomic E-state index is 13.2. The van der Waals surface area contributed by atoms with Crippen molar-refractivity contribution in [2.75, 3.05) is 19.6 Å². The molecule has 0 unspecified atom stereocenters. The van der Waals surface area contributed by atoms with E-state index in [1.165, 1.54) is 0 Å². The van der Waals surface area contributed by atoms with Gasteiger partial charge >= 0.3 is 0 Å². The zero-order chi connectivity index (χ0) is 20.4. The van der Waals surface area contributed by atoms with Gasteiger partial charge in [0.2, 0.25) is 5.91 Å². The molecule has 2 atom stereocenters. The summed E-state index contributed by atoms with van der Waals surface area (Å²) < 4.78 is 5.48. The molecule has 0 saturated carbocycles. The predicted molar refractivity (Wildman–Crippen MR) is 105 cm³/mol. The van der Waals surface area contributed by atoms with Crippen molar-refractivity contribution in [3.63, 3.8) is 0 Å². The summed E-state index contributed by atoms with van der Waals surface area (Å²) in [7, 11) is 0. The van der Waals surface area contributed by atoms with Crippen LogP contribution in [0.5, 0.6) is 0 Å². The third-order valence-corrected chi connectivity index (χ3v) is 6.07. The molecule has 0 bridgehead atoms. The molecule has 0 radical (unpaired) electrons. The number of nitrogens with zero attached hydrogens (tertiary/aromatic N) is 3. The van der Waals surface area contributed by atoms with E-state index in [4.69, 9.17) is 4.42 Å². The number of aryl methyl sites for hydroxylation is 2. The number of furan rings is 1. The Bertz CT molecular complexity index is 877. The van der Waals surface area contributed by atoms with E-state index in [1.54, 1.807) is 19.2 Å². The number of carbonyl (C=O) groups excluding carboxylic acids is 2. The lowest BCUT2D eigenvalue weighted by molar-refractivity contribution is -0.133. The van der Waals surface area contributed by atoms with Crippen LogP contribution >= 0.6 is 0 Å². The van der Waals surface area contributed by atoms with Crippen LogP contribution in [0.25, 0.3) is 0 Å². The van der Waals surface area contributed by atoms with Crippen LogP contribution in [-0.2, 0) is 11.2 Å². The highest BCUT2D eigenvalue weighted by atomic mass is 16.3. The van der Waals surface area contributed by atoms with Crippen LogP contribution in [0.3, 0.4) is 0 Å². The number of H-pyrrole nitrogens is 1. The van der Waals surface area contributed by atoms with Gasteiger partial charge in [-0.3, -0.25) is 14.5 Å². The second-order valence-corrected chi connectivity index (χ2v) is 8.10. The normalized spacial score (nSPS) is 24.3. The summed E-state index contributed by atoms with van der Waals surface area (Å²) in [5, 5.41) is 16.6. The van der Waals surface area contributed by atoms with Crippen LogP contribution in [-0.4, -0.2) is 63.3 Å². The van der Waals surface area contributed by atoms with Gasteiger partial charge in [-0.15, -0.1) is 0 Å². The summed E-state index contributed by atoms with van der Waals surface area (Å²) in [6.07, 6.45) is 5.85. The fraction of sp³-hybridized carbons (Fsp3) is 0.600. The summed E-state index contributed by atoms with van der Waals surface area (Å²) in [6, 6.07) is 1.70. The number of fused-ring (bicyclic) bond motifs is 1. The molecule has 2 saturated heterocycles. The number of hydrogen-bond acceptors (Lipinski definition) is 6. The van der Waals surface area contributed by atoms with Gasteiger partial charge in [0.15, 0.2) is 0 Å². The molecule has 4 heterocycles. The number of rotatable bonds is 6. The SMILES string of the molecule is Cc1cc(C(=O)N[C@@H]2CN3CCCC[C@]3(C(=O)NCCc3cn[nH]n3)C2)c(C)o1. The summed E-state index contributed by atoms with van der Waals surface area (Å²) in [5.41, 5.74) is 0.852. The highest BCUT2D eigenvalue weighted by Gasteiger charge is 2.52. The van der Waals surface area contributed by atoms with Crippen molar-refractivity contribution in [1.29, 1.82) is 0 Å². The molecular formula is C20H28N6O3. The molecule has 0 spiro atoms. The molecule has 9 heteroatoms. The Morgan fingerprint density at radius 1 is 1.38 bits per heavy atom. The lowest BCUT2D eigenvalue weighted by atomic mass is 9.84. The number of amides is 2. The summed E-state index contributed by atoms with van der Waals surface area (Å²) in [4.78, 5) is 28.1. The van der Waals surface area contributed by atoms with Crippen LogP contribution in [0.4, 0.5) is 0 Å². The number of hydrogen-bond donors (Lipinski definition) is 3. The van der Waals surface area contributed by atoms with Gasteiger partial charge in [0.25, 0.3) is 5.91 Å². The van der Waals surface area contributed by atoms with Crippen molar-refractivity contribution in [2.45, 2.75) is 57.5 Å². The van der Waals surface area contributed by atoms with Crippen LogP contribution in [0.1, 0.15) is 53.3 Å². The highest BCUT2D eigenvalue weighted by molar-refractivity contribution is 5.95. The Hall–Kier alpha value is -2.68. The molecule has 9 nitrogen and oxygen atoms in total. The van der Waals surface area contributed by atoms with E-state index in [0.29, 0.717) is 37.3 Å². The van der Waals surface area contributed by atoms with Gasteiger partial charge in [-0.2, -0.15) is 15.4 Å². The molecule has 2 aromatic rings. The standard InChI is InChI=1S/C20H28N6O3/c1-13-9-17(14(2)29-13)18(27)23-16-10-20(6-3-4-8-26(20)12-16)19(28)21-7-5-15-11-22-25-24-15/h9,11,16H,3-8,10,12H2,1-2H3,(H,21,28)(H,23,27)(H,22,24,25)/t16-,20+/m0/s1. The first-order chi connectivity index (χ1) is 14.0. The van der Waals surface area contributed by atoms with E-state index < -0.39 is 5.54 Å². The lowest BCUT2D eigenvalue weighted by Crippen LogP contribution is -2.57. The molecule has 156 valence electrons. The molecule has 2 aromatic heterocycles. The molecule has 3 N–H and O–H groups in total. The largest absolute Gasteiger partial charge is 0.466 e. The molecule has 29 heavy (non-hydrogen) atoms. The average molecular weight is 400 g/mol. The monoisotopic (exact) mass is 400 g/mol. The number of piperidine rings is 1. The topological polar surface area (TPSA) is 116 Å². The first-order valence-electron chi connectivity index (χ1n) is 10.2. The quantitative estimate of drug-likeness (QED) is 0.669. The highest BCUT2D eigenvalue weighted by Crippen LogP contribution is 2.38. The van der Waals surface area contributed by atoms with Crippen molar-refractivity contribution in [1.82, 2.24) is 30.9 Å². The fourth-order valence-electron chi connectivity index (χ4n) is 4.71. The second-order valence-electron chi connectivity index (χ2n) is 8.10. The second kappa shape index (κ2) is 7.98. The van der Waals surface area contributed by atoms with Crippen molar-refractivity contribution >= 4 is 11.8 Å².